The number of Topliss-reactive ketones (excluding diaryl/α,β-unsaturated/α-hetero) is 1. The molecular weight excluding hydrogens is 388 g/mol. The molecule has 1 saturated carbocycles. The minimum atomic E-state index is -3.87. The van der Waals surface area contributed by atoms with Crippen molar-refractivity contribution >= 4 is 15.6 Å². The summed E-state index contributed by atoms with van der Waals surface area (Å²) in [5.74, 6) is 0.179. The fraction of sp³-hybridized carbons (Fsp3) is 0.522. The van der Waals surface area contributed by atoms with Gasteiger partial charge in [-0.25, -0.2) is 8.42 Å². The Hall–Kier alpha value is -1.92. The van der Waals surface area contributed by atoms with Gasteiger partial charge in [0.25, 0.3) is 0 Å². The molecule has 6 heteroatoms. The van der Waals surface area contributed by atoms with E-state index in [9.17, 15) is 18.3 Å². The summed E-state index contributed by atoms with van der Waals surface area (Å²) in [5, 5.41) is 9.32. The van der Waals surface area contributed by atoms with E-state index in [1.807, 2.05) is 0 Å². The Kier molecular flexibility index (Phi) is 5.42. The van der Waals surface area contributed by atoms with Crippen LogP contribution in [0.15, 0.2) is 34.0 Å². The normalized spacial score (nSPS) is 18.4. The molecular formula is C23H28O5S. The number of sulfone groups is 1. The number of carbonyl (C=O) groups excluding carboxylic acids is 1. The van der Waals surface area contributed by atoms with Crippen LogP contribution in [0.4, 0.5) is 0 Å². The molecule has 29 heavy (non-hydrogen) atoms. The first-order valence-electron chi connectivity index (χ1n) is 10.4. The number of carbonyl (C=O) groups is 1. The molecule has 2 aliphatic carbocycles. The van der Waals surface area contributed by atoms with E-state index in [2.05, 4.69) is 19.1 Å². The number of rotatable bonds is 8. The van der Waals surface area contributed by atoms with Gasteiger partial charge in [0, 0.05) is 18.1 Å². The van der Waals surface area contributed by atoms with Crippen LogP contribution in [0.25, 0.3) is 0 Å². The summed E-state index contributed by atoms with van der Waals surface area (Å²) >= 11 is 0. The lowest BCUT2D eigenvalue weighted by atomic mass is 9.86. The summed E-state index contributed by atoms with van der Waals surface area (Å²) in [4.78, 5) is 12.8. The van der Waals surface area contributed by atoms with Crippen LogP contribution in [0.3, 0.4) is 0 Å². The van der Waals surface area contributed by atoms with Crippen LogP contribution < -0.4 is 0 Å². The van der Waals surface area contributed by atoms with Gasteiger partial charge in [-0.1, -0.05) is 19.1 Å². The Labute approximate surface area is 172 Å². The second-order valence-electron chi connectivity index (χ2n) is 8.60. The summed E-state index contributed by atoms with van der Waals surface area (Å²) < 4.78 is 30.4. The number of aliphatic hydroxyl groups is 1. The maximum atomic E-state index is 12.8. The first kappa shape index (κ1) is 20.4. The fourth-order valence-electron chi connectivity index (χ4n) is 4.49. The smallest absolute Gasteiger partial charge is 0.218 e. The SMILES string of the molecule is C[C@H](O)c1coc(S(=O)(=O)CC(=O)Cc2c([C@H](C)C3CC3)ccc3c2CCC3)c1. The molecule has 4 rings (SSSR count). The molecule has 156 valence electrons. The van der Waals surface area contributed by atoms with Gasteiger partial charge >= 0.3 is 0 Å². The topological polar surface area (TPSA) is 84.6 Å². The second kappa shape index (κ2) is 7.73. The van der Waals surface area contributed by atoms with E-state index in [4.69, 9.17) is 4.42 Å². The van der Waals surface area contributed by atoms with Crippen molar-refractivity contribution in [2.45, 2.75) is 69.5 Å². The first-order chi connectivity index (χ1) is 13.8. The van der Waals surface area contributed by atoms with Crippen molar-refractivity contribution in [3.05, 3.63) is 52.3 Å². The largest absolute Gasteiger partial charge is 0.453 e. The van der Waals surface area contributed by atoms with Gasteiger partial charge in [0.05, 0.1) is 12.4 Å². The van der Waals surface area contributed by atoms with Crippen molar-refractivity contribution in [2.24, 2.45) is 5.92 Å². The Bertz CT molecular complexity index is 1030. The summed E-state index contributed by atoms with van der Waals surface area (Å²) in [5.41, 5.74) is 5.22. The third-order valence-corrected chi connectivity index (χ3v) is 7.90. The second-order valence-corrected chi connectivity index (χ2v) is 10.5. The molecule has 0 aliphatic heterocycles. The Morgan fingerprint density at radius 1 is 1.24 bits per heavy atom. The van der Waals surface area contributed by atoms with Crippen LogP contribution in [0.2, 0.25) is 0 Å². The summed E-state index contributed by atoms with van der Waals surface area (Å²) in [6.07, 6.45) is 6.09. The third-order valence-electron chi connectivity index (χ3n) is 6.37. The third kappa shape index (κ3) is 4.19. The molecule has 1 aromatic heterocycles. The number of hydrogen-bond donors (Lipinski definition) is 1. The number of benzene rings is 1. The molecule has 0 saturated heterocycles. The van der Waals surface area contributed by atoms with Crippen LogP contribution in [-0.2, 0) is 33.9 Å². The Morgan fingerprint density at radius 2 is 2.00 bits per heavy atom. The predicted octanol–water partition coefficient (Wildman–Crippen LogP) is 3.92. The Morgan fingerprint density at radius 3 is 2.66 bits per heavy atom. The maximum Gasteiger partial charge on any atom is 0.218 e. The summed E-state index contributed by atoms with van der Waals surface area (Å²) in [6, 6.07) is 5.65. The van der Waals surface area contributed by atoms with E-state index in [-0.39, 0.29) is 17.3 Å². The van der Waals surface area contributed by atoms with E-state index in [0.717, 1.165) is 24.8 Å². The van der Waals surface area contributed by atoms with Gasteiger partial charge < -0.3 is 9.52 Å². The zero-order valence-corrected chi connectivity index (χ0v) is 17.8. The van der Waals surface area contributed by atoms with Crippen molar-refractivity contribution in [1.29, 1.82) is 0 Å². The lowest BCUT2D eigenvalue weighted by Crippen LogP contribution is -2.19. The zero-order chi connectivity index (χ0) is 20.8. The van der Waals surface area contributed by atoms with Gasteiger partial charge in [0.15, 0.2) is 5.78 Å². The molecule has 0 radical (unpaired) electrons. The maximum absolute atomic E-state index is 12.8. The quantitative estimate of drug-likeness (QED) is 0.705. The molecule has 2 aromatic rings. The standard InChI is InChI=1S/C23H28O5S/c1-14(16-6-7-16)20-9-8-17-4-3-5-21(17)22(20)11-19(25)13-29(26,27)23-10-18(12-28-23)15(2)24/h8-10,12,14-16,24H,3-7,11,13H2,1-2H3/t14-,15+/m1/s1. The Balaban J connectivity index is 1.57. The van der Waals surface area contributed by atoms with Crippen LogP contribution in [0.1, 0.15) is 72.9 Å². The van der Waals surface area contributed by atoms with Crippen LogP contribution in [0.5, 0.6) is 0 Å². The lowest BCUT2D eigenvalue weighted by Gasteiger charge is -2.19. The van der Waals surface area contributed by atoms with Crippen LogP contribution >= 0.6 is 0 Å². The van der Waals surface area contributed by atoms with Crippen molar-refractivity contribution in [2.75, 3.05) is 5.75 Å². The van der Waals surface area contributed by atoms with Gasteiger partial charge in [-0.15, -0.1) is 0 Å². The van der Waals surface area contributed by atoms with Crippen molar-refractivity contribution in [3.63, 3.8) is 0 Å². The highest BCUT2D eigenvalue weighted by molar-refractivity contribution is 7.92. The van der Waals surface area contributed by atoms with Gasteiger partial charge in [-0.3, -0.25) is 4.79 Å². The van der Waals surface area contributed by atoms with Crippen LogP contribution in [0, 0.1) is 5.92 Å². The predicted molar refractivity (Wildman–Crippen MR) is 110 cm³/mol. The lowest BCUT2D eigenvalue weighted by molar-refractivity contribution is -0.116. The highest BCUT2D eigenvalue weighted by Gasteiger charge is 2.32. The number of fused-ring (bicyclic) bond motifs is 1. The van der Waals surface area contributed by atoms with Crippen molar-refractivity contribution in [1.82, 2.24) is 0 Å². The van der Waals surface area contributed by atoms with Crippen molar-refractivity contribution in [3.8, 4) is 0 Å². The molecule has 0 bridgehead atoms. The molecule has 0 spiro atoms. The number of aliphatic hydroxyl groups excluding tert-OH is 1. The molecule has 1 heterocycles. The fourth-order valence-corrected chi connectivity index (χ4v) is 5.67. The minimum absolute atomic E-state index is 0.152. The number of hydrogen-bond acceptors (Lipinski definition) is 5. The summed E-state index contributed by atoms with van der Waals surface area (Å²) in [6.45, 7) is 3.75. The highest BCUT2D eigenvalue weighted by atomic mass is 32.2. The molecule has 5 nitrogen and oxygen atoms in total. The highest BCUT2D eigenvalue weighted by Crippen LogP contribution is 2.44. The van der Waals surface area contributed by atoms with E-state index < -0.39 is 21.7 Å². The summed E-state index contributed by atoms with van der Waals surface area (Å²) in [7, 11) is -3.87. The van der Waals surface area contributed by atoms with Crippen molar-refractivity contribution < 1.29 is 22.7 Å². The van der Waals surface area contributed by atoms with Gasteiger partial charge in [0.2, 0.25) is 14.9 Å². The first-order valence-corrected chi connectivity index (χ1v) is 12.1. The van der Waals surface area contributed by atoms with Gasteiger partial charge in [-0.05, 0) is 73.1 Å². The number of ketones is 1. The molecule has 2 aliphatic rings. The molecule has 0 unspecified atom stereocenters. The monoisotopic (exact) mass is 416 g/mol. The van der Waals surface area contributed by atoms with E-state index in [1.54, 1.807) is 0 Å². The molecule has 1 aromatic carbocycles. The average molecular weight is 417 g/mol. The molecule has 2 atom stereocenters. The van der Waals surface area contributed by atoms with Gasteiger partial charge in [-0.2, -0.15) is 0 Å². The molecule has 1 N–H and O–H groups in total. The minimum Gasteiger partial charge on any atom is -0.453 e. The average Bonchev–Trinajstić information content (AvgIpc) is 3.17. The van der Waals surface area contributed by atoms with Crippen LogP contribution in [-0.4, -0.2) is 25.1 Å². The zero-order valence-electron chi connectivity index (χ0n) is 17.0. The van der Waals surface area contributed by atoms with E-state index >= 15 is 0 Å². The van der Waals surface area contributed by atoms with Gasteiger partial charge in [0.1, 0.15) is 5.75 Å². The number of furan rings is 1. The molecule has 0 amide bonds. The van der Waals surface area contributed by atoms with E-state index in [1.165, 1.54) is 48.8 Å². The van der Waals surface area contributed by atoms with E-state index in [0.29, 0.717) is 17.4 Å². The molecule has 1 fully saturated rings. The number of aryl methyl sites for hydroxylation is 1.